The van der Waals surface area contributed by atoms with Crippen molar-refractivity contribution in [3.05, 3.63) is 94.7 Å². The molecule has 2 heterocycles. The molecule has 140 valence electrons. The number of hydrogen-bond acceptors (Lipinski definition) is 4. The zero-order valence-corrected chi connectivity index (χ0v) is 15.3. The summed E-state index contributed by atoms with van der Waals surface area (Å²) in [6.07, 6.45) is 2.28. The van der Waals surface area contributed by atoms with Crippen molar-refractivity contribution in [2.75, 3.05) is 5.32 Å². The second-order valence-electron chi connectivity index (χ2n) is 6.06. The van der Waals surface area contributed by atoms with E-state index in [0.29, 0.717) is 22.9 Å². The smallest absolute Gasteiger partial charge is 0.293 e. The molecule has 2 aromatic carbocycles. The van der Waals surface area contributed by atoms with E-state index >= 15 is 0 Å². The maximum Gasteiger partial charge on any atom is 0.293 e. The molecule has 4 nitrogen and oxygen atoms in total. The summed E-state index contributed by atoms with van der Waals surface area (Å²) in [6.45, 7) is 0. The second-order valence-corrected chi connectivity index (χ2v) is 7.18. The fourth-order valence-corrected chi connectivity index (χ4v) is 3.48. The first-order valence-electron chi connectivity index (χ1n) is 8.43. The van der Waals surface area contributed by atoms with E-state index in [2.05, 4.69) is 10.3 Å². The van der Waals surface area contributed by atoms with Crippen LogP contribution in [0.2, 0.25) is 0 Å². The molecule has 0 radical (unpaired) electrons. The van der Waals surface area contributed by atoms with Gasteiger partial charge in [-0.25, -0.2) is 13.8 Å². The number of furan rings is 1. The maximum absolute atomic E-state index is 13.0. The molecule has 0 aliphatic rings. The molecule has 0 saturated heterocycles. The Morgan fingerprint density at radius 3 is 2.36 bits per heavy atom. The van der Waals surface area contributed by atoms with E-state index in [9.17, 15) is 13.6 Å². The summed E-state index contributed by atoms with van der Waals surface area (Å²) in [5, 5.41) is 3.15. The Bertz CT molecular complexity index is 1100. The van der Waals surface area contributed by atoms with Crippen molar-refractivity contribution in [1.29, 1.82) is 0 Å². The van der Waals surface area contributed by atoms with Gasteiger partial charge in [0, 0.05) is 23.1 Å². The third-order valence-corrected chi connectivity index (χ3v) is 4.94. The first kappa shape index (κ1) is 18.1. The van der Waals surface area contributed by atoms with E-state index in [1.54, 1.807) is 42.6 Å². The molecule has 0 spiro atoms. The molecule has 0 bridgehead atoms. The number of benzene rings is 2. The highest BCUT2D eigenvalue weighted by Gasteiger charge is 2.14. The van der Waals surface area contributed by atoms with Crippen molar-refractivity contribution in [3.8, 4) is 11.3 Å². The minimum Gasteiger partial charge on any atom is -0.451 e. The molecule has 0 unspecified atom stereocenters. The van der Waals surface area contributed by atoms with Crippen LogP contribution in [0.15, 0.2) is 71.3 Å². The highest BCUT2D eigenvalue weighted by molar-refractivity contribution is 7.15. The van der Waals surface area contributed by atoms with Crippen molar-refractivity contribution in [2.45, 2.75) is 6.42 Å². The number of carbonyl (C=O) groups excluding carboxylic acids is 1. The normalized spacial score (nSPS) is 10.8. The van der Waals surface area contributed by atoms with E-state index in [4.69, 9.17) is 4.42 Å². The Balaban J connectivity index is 1.42. The summed E-state index contributed by atoms with van der Waals surface area (Å²) < 4.78 is 31.6. The molecule has 0 saturated carbocycles. The van der Waals surface area contributed by atoms with Crippen LogP contribution in [0, 0.1) is 11.6 Å². The molecule has 1 amide bonds. The van der Waals surface area contributed by atoms with Crippen LogP contribution < -0.4 is 5.32 Å². The lowest BCUT2D eigenvalue weighted by Crippen LogP contribution is -2.10. The Morgan fingerprint density at radius 1 is 0.964 bits per heavy atom. The second kappa shape index (κ2) is 7.74. The zero-order chi connectivity index (χ0) is 19.5. The van der Waals surface area contributed by atoms with Crippen molar-refractivity contribution in [2.24, 2.45) is 0 Å². The number of halogens is 2. The van der Waals surface area contributed by atoms with Gasteiger partial charge in [-0.15, -0.1) is 11.3 Å². The quantitative estimate of drug-likeness (QED) is 0.483. The van der Waals surface area contributed by atoms with Crippen molar-refractivity contribution >= 4 is 22.4 Å². The summed E-state index contributed by atoms with van der Waals surface area (Å²) in [4.78, 5) is 17.5. The SMILES string of the molecule is O=C(Nc1ncc(Cc2ccc(F)cc2)s1)c1ccc(-c2ccc(F)cc2)o1. The number of hydrogen-bond donors (Lipinski definition) is 1. The number of nitrogens with one attached hydrogen (secondary N) is 1. The van der Waals surface area contributed by atoms with Crippen LogP contribution in [0.5, 0.6) is 0 Å². The van der Waals surface area contributed by atoms with E-state index in [1.165, 1.54) is 35.6 Å². The van der Waals surface area contributed by atoms with E-state index in [1.807, 2.05) is 0 Å². The van der Waals surface area contributed by atoms with Crippen LogP contribution in [0.25, 0.3) is 11.3 Å². The highest BCUT2D eigenvalue weighted by atomic mass is 32.1. The lowest BCUT2D eigenvalue weighted by molar-refractivity contribution is 0.0997. The molecular weight excluding hydrogens is 382 g/mol. The molecule has 4 rings (SSSR count). The summed E-state index contributed by atoms with van der Waals surface area (Å²) in [5.74, 6) is -0.431. The van der Waals surface area contributed by atoms with Gasteiger partial charge in [0.15, 0.2) is 10.9 Å². The van der Waals surface area contributed by atoms with Crippen LogP contribution in [0.3, 0.4) is 0 Å². The summed E-state index contributed by atoms with van der Waals surface area (Å²) >= 11 is 1.34. The van der Waals surface area contributed by atoms with Crippen LogP contribution in [-0.2, 0) is 6.42 Å². The fraction of sp³-hybridized carbons (Fsp3) is 0.0476. The van der Waals surface area contributed by atoms with Crippen LogP contribution in [0.4, 0.5) is 13.9 Å². The van der Waals surface area contributed by atoms with Crippen LogP contribution in [-0.4, -0.2) is 10.9 Å². The number of amides is 1. The molecule has 0 fully saturated rings. The standard InChI is InChI=1S/C21H14F2N2O2S/c22-15-5-1-13(2-6-15)11-17-12-24-21(28-17)25-20(26)19-10-9-18(27-19)14-3-7-16(23)8-4-14/h1-10,12H,11H2,(H,24,25,26). The maximum atomic E-state index is 13.0. The molecule has 7 heteroatoms. The predicted molar refractivity (Wildman–Crippen MR) is 103 cm³/mol. The van der Waals surface area contributed by atoms with Crippen molar-refractivity contribution in [1.82, 2.24) is 4.98 Å². The van der Waals surface area contributed by atoms with Gasteiger partial charge in [0.05, 0.1) is 0 Å². The molecule has 0 aliphatic carbocycles. The molecular formula is C21H14F2N2O2S. The van der Waals surface area contributed by atoms with Gasteiger partial charge in [-0.1, -0.05) is 12.1 Å². The lowest BCUT2D eigenvalue weighted by atomic mass is 10.1. The molecule has 0 aliphatic heterocycles. The number of thiazole rings is 1. The van der Waals surface area contributed by atoms with Gasteiger partial charge in [-0.3, -0.25) is 10.1 Å². The van der Waals surface area contributed by atoms with E-state index in [0.717, 1.165) is 10.4 Å². The van der Waals surface area contributed by atoms with Gasteiger partial charge in [0.1, 0.15) is 17.4 Å². The average molecular weight is 396 g/mol. The van der Waals surface area contributed by atoms with E-state index in [-0.39, 0.29) is 17.4 Å². The zero-order valence-electron chi connectivity index (χ0n) is 14.5. The molecule has 2 aromatic heterocycles. The number of anilines is 1. The molecule has 0 atom stereocenters. The summed E-state index contributed by atoms with van der Waals surface area (Å²) in [6, 6.07) is 15.3. The van der Waals surface area contributed by atoms with Gasteiger partial charge in [0.2, 0.25) is 0 Å². The predicted octanol–water partition coefficient (Wildman–Crippen LogP) is 5.52. The summed E-state index contributed by atoms with van der Waals surface area (Å²) in [7, 11) is 0. The average Bonchev–Trinajstić information content (AvgIpc) is 3.34. The number of nitrogens with zero attached hydrogens (tertiary/aromatic N) is 1. The molecule has 1 N–H and O–H groups in total. The first-order valence-corrected chi connectivity index (χ1v) is 9.25. The Morgan fingerprint density at radius 2 is 1.64 bits per heavy atom. The first-order chi connectivity index (χ1) is 13.6. The van der Waals surface area contributed by atoms with Gasteiger partial charge < -0.3 is 4.42 Å². The number of carbonyl (C=O) groups is 1. The number of rotatable bonds is 5. The third-order valence-electron chi connectivity index (χ3n) is 4.02. The van der Waals surface area contributed by atoms with Crippen LogP contribution in [0.1, 0.15) is 21.0 Å². The topological polar surface area (TPSA) is 55.1 Å². The van der Waals surface area contributed by atoms with E-state index < -0.39 is 5.91 Å². The largest absolute Gasteiger partial charge is 0.451 e. The Hall–Kier alpha value is -3.32. The van der Waals surface area contributed by atoms with Crippen molar-refractivity contribution in [3.63, 3.8) is 0 Å². The molecule has 28 heavy (non-hydrogen) atoms. The fourth-order valence-electron chi connectivity index (χ4n) is 2.64. The molecule has 4 aromatic rings. The minimum absolute atomic E-state index is 0.134. The Kier molecular flexibility index (Phi) is 4.99. The monoisotopic (exact) mass is 396 g/mol. The van der Waals surface area contributed by atoms with Crippen molar-refractivity contribution < 1.29 is 18.0 Å². The van der Waals surface area contributed by atoms with Gasteiger partial charge in [-0.05, 0) is 54.1 Å². The highest BCUT2D eigenvalue weighted by Crippen LogP contribution is 2.25. The third kappa shape index (κ3) is 4.15. The van der Waals surface area contributed by atoms with Gasteiger partial charge >= 0.3 is 0 Å². The van der Waals surface area contributed by atoms with Crippen LogP contribution >= 0.6 is 11.3 Å². The van der Waals surface area contributed by atoms with Gasteiger partial charge in [-0.2, -0.15) is 0 Å². The number of aromatic nitrogens is 1. The lowest BCUT2D eigenvalue weighted by Gasteiger charge is -1.99. The van der Waals surface area contributed by atoms with Gasteiger partial charge in [0.25, 0.3) is 5.91 Å². The Labute approximate surface area is 163 Å². The minimum atomic E-state index is -0.420. The summed E-state index contributed by atoms with van der Waals surface area (Å²) in [5.41, 5.74) is 1.63.